The van der Waals surface area contributed by atoms with Crippen molar-refractivity contribution in [3.63, 3.8) is 0 Å². The van der Waals surface area contributed by atoms with Crippen LogP contribution in [0, 0.1) is 13.8 Å². The first-order chi connectivity index (χ1) is 11.5. The van der Waals surface area contributed by atoms with Crippen molar-refractivity contribution in [2.24, 2.45) is 0 Å². The van der Waals surface area contributed by atoms with Gasteiger partial charge in [-0.1, -0.05) is 43.3 Å². The lowest BCUT2D eigenvalue weighted by Crippen LogP contribution is -2.28. The van der Waals surface area contributed by atoms with Gasteiger partial charge in [-0.25, -0.2) is 4.90 Å². The number of imide groups is 1. The summed E-state index contributed by atoms with van der Waals surface area (Å²) in [7, 11) is 0. The third kappa shape index (κ3) is 3.02. The highest BCUT2D eigenvalue weighted by molar-refractivity contribution is 8.19. The molecule has 24 heavy (non-hydrogen) atoms. The first-order valence-electron chi connectivity index (χ1n) is 7.94. The van der Waals surface area contributed by atoms with Crippen LogP contribution in [0.25, 0.3) is 6.08 Å². The third-order valence-electron chi connectivity index (χ3n) is 4.30. The number of rotatable bonds is 3. The molecule has 0 unspecified atom stereocenters. The van der Waals surface area contributed by atoms with E-state index >= 15 is 0 Å². The summed E-state index contributed by atoms with van der Waals surface area (Å²) in [6.07, 6.45) is 2.76. The second kappa shape index (κ2) is 6.65. The molecule has 4 heteroatoms. The van der Waals surface area contributed by atoms with Gasteiger partial charge in [0.25, 0.3) is 11.1 Å². The van der Waals surface area contributed by atoms with Gasteiger partial charge in [0.05, 0.1) is 10.6 Å². The van der Waals surface area contributed by atoms with E-state index in [9.17, 15) is 9.59 Å². The van der Waals surface area contributed by atoms with E-state index in [-0.39, 0.29) is 11.1 Å². The van der Waals surface area contributed by atoms with Crippen LogP contribution in [0.15, 0.2) is 47.4 Å². The molecule has 1 saturated heterocycles. The van der Waals surface area contributed by atoms with Crippen LogP contribution in [0.3, 0.4) is 0 Å². The topological polar surface area (TPSA) is 37.4 Å². The zero-order chi connectivity index (χ0) is 17.3. The highest BCUT2D eigenvalue weighted by Gasteiger charge is 2.37. The Morgan fingerprint density at radius 1 is 1.04 bits per heavy atom. The van der Waals surface area contributed by atoms with Crippen LogP contribution in [0.5, 0.6) is 0 Å². The largest absolute Gasteiger partial charge is 0.298 e. The van der Waals surface area contributed by atoms with Crippen LogP contribution in [-0.4, -0.2) is 11.1 Å². The van der Waals surface area contributed by atoms with Crippen molar-refractivity contribution in [2.75, 3.05) is 4.90 Å². The minimum absolute atomic E-state index is 0.245. The summed E-state index contributed by atoms with van der Waals surface area (Å²) in [4.78, 5) is 26.8. The monoisotopic (exact) mass is 337 g/mol. The number of hydrogen-bond acceptors (Lipinski definition) is 3. The van der Waals surface area contributed by atoms with Gasteiger partial charge >= 0.3 is 0 Å². The Morgan fingerprint density at radius 2 is 1.75 bits per heavy atom. The summed E-state index contributed by atoms with van der Waals surface area (Å²) in [5.41, 5.74) is 4.86. The molecule has 2 aromatic rings. The van der Waals surface area contributed by atoms with Crippen LogP contribution in [-0.2, 0) is 11.2 Å². The number of aryl methyl sites for hydroxylation is 2. The quantitative estimate of drug-likeness (QED) is 0.731. The number of carbonyl (C=O) groups excluding carboxylic acids is 2. The zero-order valence-corrected chi connectivity index (χ0v) is 14.8. The second-order valence-electron chi connectivity index (χ2n) is 5.83. The molecule has 0 bridgehead atoms. The standard InChI is InChI=1S/C20H19NO2S/c1-4-15-8-10-16(11-9-15)12-18-19(22)21(20(23)24-18)17-7-5-6-13(2)14(17)3/h5-12H,4H2,1-3H3/b18-12-. The maximum absolute atomic E-state index is 12.7. The van der Waals surface area contributed by atoms with E-state index in [4.69, 9.17) is 0 Å². The maximum Gasteiger partial charge on any atom is 0.298 e. The molecule has 0 radical (unpaired) electrons. The molecule has 2 aromatic carbocycles. The fourth-order valence-electron chi connectivity index (χ4n) is 2.65. The van der Waals surface area contributed by atoms with E-state index < -0.39 is 0 Å². The van der Waals surface area contributed by atoms with Crippen molar-refractivity contribution in [2.45, 2.75) is 27.2 Å². The maximum atomic E-state index is 12.7. The zero-order valence-electron chi connectivity index (χ0n) is 14.0. The van der Waals surface area contributed by atoms with E-state index in [0.29, 0.717) is 10.6 Å². The smallest absolute Gasteiger partial charge is 0.268 e. The fraction of sp³-hybridized carbons (Fsp3) is 0.200. The summed E-state index contributed by atoms with van der Waals surface area (Å²) < 4.78 is 0. The summed E-state index contributed by atoms with van der Waals surface area (Å²) in [6.45, 7) is 6.01. The van der Waals surface area contributed by atoms with Crippen LogP contribution in [0.1, 0.15) is 29.2 Å². The highest BCUT2D eigenvalue weighted by Crippen LogP contribution is 2.37. The normalized spacial score (nSPS) is 16.3. The molecule has 2 amide bonds. The van der Waals surface area contributed by atoms with Crippen LogP contribution < -0.4 is 4.90 Å². The molecular weight excluding hydrogens is 318 g/mol. The molecule has 0 aliphatic carbocycles. The molecule has 0 aromatic heterocycles. The number of anilines is 1. The minimum atomic E-state index is -0.252. The molecule has 1 aliphatic rings. The Hall–Kier alpha value is -2.33. The van der Waals surface area contributed by atoms with Gasteiger partial charge in [0.2, 0.25) is 0 Å². The molecule has 1 heterocycles. The first kappa shape index (κ1) is 16.5. The number of nitrogens with zero attached hydrogens (tertiary/aromatic N) is 1. The molecule has 3 rings (SSSR count). The lowest BCUT2D eigenvalue weighted by atomic mass is 10.1. The number of hydrogen-bond donors (Lipinski definition) is 0. The Balaban J connectivity index is 1.93. The Bertz CT molecular complexity index is 837. The molecule has 1 fully saturated rings. The van der Waals surface area contributed by atoms with Crippen LogP contribution in [0.4, 0.5) is 10.5 Å². The minimum Gasteiger partial charge on any atom is -0.268 e. The molecule has 3 nitrogen and oxygen atoms in total. The number of amides is 2. The summed E-state index contributed by atoms with van der Waals surface area (Å²) in [5.74, 6) is -0.252. The predicted molar refractivity (Wildman–Crippen MR) is 100 cm³/mol. The summed E-state index contributed by atoms with van der Waals surface area (Å²) in [6, 6.07) is 13.7. The molecular formula is C20H19NO2S. The average Bonchev–Trinajstić information content (AvgIpc) is 2.85. The Labute approximate surface area is 146 Å². The molecule has 0 atom stereocenters. The molecule has 0 N–H and O–H groups in total. The van der Waals surface area contributed by atoms with Gasteiger partial charge in [-0.15, -0.1) is 0 Å². The molecule has 1 aliphatic heterocycles. The summed E-state index contributed by atoms with van der Waals surface area (Å²) in [5, 5.41) is -0.245. The van der Waals surface area contributed by atoms with E-state index in [0.717, 1.165) is 34.9 Å². The van der Waals surface area contributed by atoms with Gasteiger partial charge < -0.3 is 0 Å². The van der Waals surface area contributed by atoms with E-state index in [1.54, 1.807) is 6.08 Å². The second-order valence-corrected chi connectivity index (χ2v) is 6.82. The van der Waals surface area contributed by atoms with Crippen molar-refractivity contribution in [3.05, 3.63) is 69.6 Å². The Morgan fingerprint density at radius 3 is 2.42 bits per heavy atom. The molecule has 0 spiro atoms. The van der Waals surface area contributed by atoms with Gasteiger partial charge in [0.15, 0.2) is 0 Å². The van der Waals surface area contributed by atoms with Gasteiger partial charge in [-0.2, -0.15) is 0 Å². The average molecular weight is 337 g/mol. The van der Waals surface area contributed by atoms with Crippen molar-refractivity contribution in [1.29, 1.82) is 0 Å². The van der Waals surface area contributed by atoms with Crippen molar-refractivity contribution < 1.29 is 9.59 Å². The predicted octanol–water partition coefficient (Wildman–Crippen LogP) is 5.11. The van der Waals surface area contributed by atoms with Crippen LogP contribution in [0.2, 0.25) is 0 Å². The van der Waals surface area contributed by atoms with Gasteiger partial charge in [0, 0.05) is 0 Å². The molecule has 122 valence electrons. The van der Waals surface area contributed by atoms with Gasteiger partial charge in [0.1, 0.15) is 0 Å². The van der Waals surface area contributed by atoms with Crippen molar-refractivity contribution in [3.8, 4) is 0 Å². The fourth-order valence-corrected chi connectivity index (χ4v) is 3.49. The Kier molecular flexibility index (Phi) is 4.58. The van der Waals surface area contributed by atoms with Gasteiger partial charge in [-0.05, 0) is 66.4 Å². The van der Waals surface area contributed by atoms with E-state index in [1.165, 1.54) is 10.5 Å². The van der Waals surface area contributed by atoms with E-state index in [2.05, 4.69) is 6.92 Å². The van der Waals surface area contributed by atoms with Crippen molar-refractivity contribution in [1.82, 2.24) is 0 Å². The lowest BCUT2D eigenvalue weighted by molar-refractivity contribution is -0.113. The number of thioether (sulfide) groups is 1. The van der Waals surface area contributed by atoms with Crippen molar-refractivity contribution >= 4 is 34.7 Å². The van der Waals surface area contributed by atoms with Gasteiger partial charge in [-0.3, -0.25) is 9.59 Å². The number of benzene rings is 2. The highest BCUT2D eigenvalue weighted by atomic mass is 32.2. The summed E-state index contributed by atoms with van der Waals surface area (Å²) >= 11 is 0.995. The van der Waals surface area contributed by atoms with E-state index in [1.807, 2.05) is 56.3 Å². The lowest BCUT2D eigenvalue weighted by Gasteiger charge is -2.16. The SMILES string of the molecule is CCc1ccc(/C=C2\SC(=O)N(c3cccc(C)c3C)C2=O)cc1. The molecule has 0 saturated carbocycles. The number of carbonyl (C=O) groups is 2. The third-order valence-corrected chi connectivity index (χ3v) is 5.17. The first-order valence-corrected chi connectivity index (χ1v) is 8.76. The van der Waals surface area contributed by atoms with Crippen LogP contribution >= 0.6 is 11.8 Å².